The molecule has 1 unspecified atom stereocenters. The Labute approximate surface area is 148 Å². The Morgan fingerprint density at radius 1 is 1.16 bits per heavy atom. The third kappa shape index (κ3) is 3.56. The molecule has 2 saturated heterocycles. The number of benzene rings is 1. The highest BCUT2D eigenvalue weighted by Crippen LogP contribution is 2.27. The van der Waals surface area contributed by atoms with Crippen LogP contribution in [0, 0.1) is 12.8 Å². The van der Waals surface area contributed by atoms with Gasteiger partial charge in [-0.25, -0.2) is 0 Å². The lowest BCUT2D eigenvalue weighted by atomic mass is 9.91. The van der Waals surface area contributed by atoms with Gasteiger partial charge in [-0.05, 0) is 49.8 Å². The summed E-state index contributed by atoms with van der Waals surface area (Å²) in [5, 5.41) is 8.32. The van der Waals surface area contributed by atoms with Gasteiger partial charge in [-0.15, -0.1) is 5.10 Å². The molecule has 5 nitrogen and oxygen atoms in total. The Hall–Kier alpha value is -2.27. The molecule has 0 spiro atoms. The molecule has 0 aliphatic carbocycles. The van der Waals surface area contributed by atoms with Crippen LogP contribution in [0.15, 0.2) is 36.4 Å². The SMILES string of the molecule is Cc1ccc(CC2CN(C(=O)c3ccc(C4CCCO4)nn3)C2)cc1. The van der Waals surface area contributed by atoms with E-state index in [0.717, 1.165) is 44.7 Å². The van der Waals surface area contributed by atoms with E-state index in [2.05, 4.69) is 41.4 Å². The Kier molecular flexibility index (Phi) is 4.49. The number of rotatable bonds is 4. The number of carbonyl (C=O) groups excluding carboxylic acids is 1. The topological polar surface area (TPSA) is 55.3 Å². The van der Waals surface area contributed by atoms with E-state index in [4.69, 9.17) is 4.74 Å². The summed E-state index contributed by atoms with van der Waals surface area (Å²) >= 11 is 0. The average molecular weight is 337 g/mol. The van der Waals surface area contributed by atoms with Crippen LogP contribution < -0.4 is 0 Å². The third-order valence-electron chi connectivity index (χ3n) is 5.05. The summed E-state index contributed by atoms with van der Waals surface area (Å²) in [6, 6.07) is 12.3. The fourth-order valence-electron chi connectivity index (χ4n) is 3.52. The highest BCUT2D eigenvalue weighted by atomic mass is 16.5. The van der Waals surface area contributed by atoms with Crippen LogP contribution in [0.1, 0.15) is 46.3 Å². The summed E-state index contributed by atoms with van der Waals surface area (Å²) in [5.74, 6) is 0.511. The molecular formula is C20H23N3O2. The van der Waals surface area contributed by atoms with Crippen molar-refractivity contribution in [3.05, 3.63) is 58.9 Å². The lowest BCUT2D eigenvalue weighted by Crippen LogP contribution is -2.51. The van der Waals surface area contributed by atoms with Gasteiger partial charge >= 0.3 is 0 Å². The van der Waals surface area contributed by atoms with Crippen LogP contribution in [0.3, 0.4) is 0 Å². The highest BCUT2D eigenvalue weighted by molar-refractivity contribution is 5.92. The summed E-state index contributed by atoms with van der Waals surface area (Å²) in [7, 11) is 0. The molecule has 5 heteroatoms. The van der Waals surface area contributed by atoms with E-state index in [1.165, 1.54) is 11.1 Å². The Balaban J connectivity index is 1.31. The number of nitrogens with zero attached hydrogens (tertiary/aromatic N) is 3. The van der Waals surface area contributed by atoms with Gasteiger partial charge in [0.05, 0.1) is 5.69 Å². The van der Waals surface area contributed by atoms with Crippen molar-refractivity contribution in [2.24, 2.45) is 5.92 Å². The maximum atomic E-state index is 12.5. The number of aryl methyl sites for hydroxylation is 1. The molecule has 2 aliphatic heterocycles. The van der Waals surface area contributed by atoms with Crippen molar-refractivity contribution in [2.45, 2.75) is 32.3 Å². The van der Waals surface area contributed by atoms with Gasteiger partial charge in [-0.2, -0.15) is 5.10 Å². The second-order valence-corrected chi connectivity index (χ2v) is 7.11. The molecule has 0 N–H and O–H groups in total. The monoisotopic (exact) mass is 337 g/mol. The van der Waals surface area contributed by atoms with Crippen molar-refractivity contribution < 1.29 is 9.53 Å². The molecule has 1 aromatic carbocycles. The molecule has 25 heavy (non-hydrogen) atoms. The van der Waals surface area contributed by atoms with Crippen molar-refractivity contribution >= 4 is 5.91 Å². The predicted molar refractivity (Wildman–Crippen MR) is 94.2 cm³/mol. The number of carbonyl (C=O) groups is 1. The fraction of sp³-hybridized carbons (Fsp3) is 0.450. The number of ether oxygens (including phenoxy) is 1. The Morgan fingerprint density at radius 3 is 2.60 bits per heavy atom. The third-order valence-corrected chi connectivity index (χ3v) is 5.05. The van der Waals surface area contributed by atoms with E-state index in [1.807, 2.05) is 11.0 Å². The molecule has 1 atom stereocenters. The number of amides is 1. The summed E-state index contributed by atoms with van der Waals surface area (Å²) in [4.78, 5) is 14.4. The number of hydrogen-bond acceptors (Lipinski definition) is 4. The van der Waals surface area contributed by atoms with Gasteiger partial charge in [0.25, 0.3) is 5.91 Å². The first-order valence-corrected chi connectivity index (χ1v) is 8.99. The zero-order chi connectivity index (χ0) is 17.2. The first-order chi connectivity index (χ1) is 12.2. The van der Waals surface area contributed by atoms with Gasteiger partial charge in [0.2, 0.25) is 0 Å². The quantitative estimate of drug-likeness (QED) is 0.861. The molecule has 1 aromatic heterocycles. The van der Waals surface area contributed by atoms with Crippen LogP contribution in [0.5, 0.6) is 0 Å². The predicted octanol–water partition coefficient (Wildman–Crippen LogP) is 2.95. The first-order valence-electron chi connectivity index (χ1n) is 8.99. The lowest BCUT2D eigenvalue weighted by molar-refractivity contribution is 0.0493. The number of hydrogen-bond donors (Lipinski definition) is 0. The van der Waals surface area contributed by atoms with Gasteiger partial charge in [-0.3, -0.25) is 4.79 Å². The van der Waals surface area contributed by atoms with Crippen molar-refractivity contribution in [3.8, 4) is 0 Å². The van der Waals surface area contributed by atoms with E-state index in [0.29, 0.717) is 11.6 Å². The molecule has 3 heterocycles. The molecule has 1 amide bonds. The van der Waals surface area contributed by atoms with Crippen LogP contribution in [0.4, 0.5) is 0 Å². The smallest absolute Gasteiger partial charge is 0.274 e. The summed E-state index contributed by atoms with van der Waals surface area (Å²) in [6.45, 7) is 4.46. The molecule has 0 bridgehead atoms. The van der Waals surface area contributed by atoms with Crippen LogP contribution in [-0.4, -0.2) is 40.7 Å². The standard InChI is InChI=1S/C20H23N3O2/c1-14-4-6-15(7-5-14)11-16-12-23(13-16)20(24)18-9-8-17(21-22-18)19-3-2-10-25-19/h4-9,16,19H,2-3,10-13H2,1H3. The largest absolute Gasteiger partial charge is 0.372 e. The molecule has 2 aliphatic rings. The first kappa shape index (κ1) is 16.2. The van der Waals surface area contributed by atoms with Gasteiger partial charge in [0, 0.05) is 19.7 Å². The maximum Gasteiger partial charge on any atom is 0.274 e. The molecule has 2 aromatic rings. The highest BCUT2D eigenvalue weighted by Gasteiger charge is 2.32. The Morgan fingerprint density at radius 2 is 1.96 bits per heavy atom. The second kappa shape index (κ2) is 6.92. The van der Waals surface area contributed by atoms with Gasteiger partial charge in [-0.1, -0.05) is 29.8 Å². The van der Waals surface area contributed by atoms with Crippen LogP contribution >= 0.6 is 0 Å². The van der Waals surface area contributed by atoms with Gasteiger partial charge in [0.15, 0.2) is 5.69 Å². The summed E-state index contributed by atoms with van der Waals surface area (Å²) < 4.78 is 5.60. The molecule has 2 fully saturated rings. The van der Waals surface area contributed by atoms with Crippen LogP contribution in [-0.2, 0) is 11.2 Å². The van der Waals surface area contributed by atoms with Crippen molar-refractivity contribution in [1.82, 2.24) is 15.1 Å². The normalized spacial score (nSPS) is 20.5. The van der Waals surface area contributed by atoms with Crippen molar-refractivity contribution in [2.75, 3.05) is 19.7 Å². The number of aromatic nitrogens is 2. The second-order valence-electron chi connectivity index (χ2n) is 7.11. The van der Waals surface area contributed by atoms with E-state index in [9.17, 15) is 4.79 Å². The molecular weight excluding hydrogens is 314 g/mol. The summed E-state index contributed by atoms with van der Waals surface area (Å²) in [5.41, 5.74) is 3.87. The lowest BCUT2D eigenvalue weighted by Gasteiger charge is -2.39. The van der Waals surface area contributed by atoms with Crippen LogP contribution in [0.25, 0.3) is 0 Å². The van der Waals surface area contributed by atoms with Gasteiger partial charge < -0.3 is 9.64 Å². The molecule has 130 valence electrons. The minimum absolute atomic E-state index is 0.0217. The van der Waals surface area contributed by atoms with Crippen molar-refractivity contribution in [3.63, 3.8) is 0 Å². The minimum atomic E-state index is -0.0217. The van der Waals surface area contributed by atoms with Crippen molar-refractivity contribution in [1.29, 1.82) is 0 Å². The Bertz CT molecular complexity index is 731. The minimum Gasteiger partial charge on any atom is -0.372 e. The number of likely N-dealkylation sites (tertiary alicyclic amines) is 1. The van der Waals surface area contributed by atoms with E-state index < -0.39 is 0 Å². The van der Waals surface area contributed by atoms with Crippen LogP contribution in [0.2, 0.25) is 0 Å². The van der Waals surface area contributed by atoms with E-state index in [-0.39, 0.29) is 12.0 Å². The van der Waals surface area contributed by atoms with E-state index in [1.54, 1.807) is 6.07 Å². The zero-order valence-electron chi connectivity index (χ0n) is 14.5. The molecule has 0 radical (unpaired) electrons. The summed E-state index contributed by atoms with van der Waals surface area (Å²) in [6.07, 6.45) is 3.10. The fourth-order valence-corrected chi connectivity index (χ4v) is 3.52. The van der Waals surface area contributed by atoms with Gasteiger partial charge in [0.1, 0.15) is 6.10 Å². The molecule has 4 rings (SSSR count). The maximum absolute atomic E-state index is 12.5. The zero-order valence-corrected chi connectivity index (χ0v) is 14.5. The van der Waals surface area contributed by atoms with E-state index >= 15 is 0 Å². The molecule has 0 saturated carbocycles. The average Bonchev–Trinajstić information content (AvgIpc) is 3.13.